The zero-order valence-corrected chi connectivity index (χ0v) is 15.7. The summed E-state index contributed by atoms with van der Waals surface area (Å²) in [6, 6.07) is 17.0. The molecule has 1 aliphatic carbocycles. The fourth-order valence-electron chi connectivity index (χ4n) is 3.08. The monoisotopic (exact) mass is 426 g/mol. The third kappa shape index (κ3) is 2.45. The minimum absolute atomic E-state index is 0.0564. The van der Waals surface area contributed by atoms with Crippen molar-refractivity contribution in [1.29, 1.82) is 0 Å². The molecule has 0 aromatic heterocycles. The predicted octanol–water partition coefficient (Wildman–Crippen LogP) is 4.06. The molecule has 3 aromatic carbocycles. The summed E-state index contributed by atoms with van der Waals surface area (Å²) in [6.45, 7) is 0. The van der Waals surface area contributed by atoms with Gasteiger partial charge in [0.05, 0.1) is 15.4 Å². The van der Waals surface area contributed by atoms with Gasteiger partial charge >= 0.3 is 0 Å². The van der Waals surface area contributed by atoms with Gasteiger partial charge in [0.25, 0.3) is 0 Å². The van der Waals surface area contributed by atoms with Gasteiger partial charge in [-0.3, -0.25) is 9.59 Å². The molecule has 0 N–H and O–H groups in total. The zero-order valence-electron chi connectivity index (χ0n) is 13.3. The molecule has 0 radical (unpaired) electrons. The Morgan fingerprint density at radius 2 is 1.23 bits per heavy atom. The smallest absolute Gasteiger partial charge is 0.207 e. The molecular weight excluding hydrogens is 416 g/mol. The molecule has 26 heavy (non-hydrogen) atoms. The normalized spacial score (nSPS) is 13.3. The van der Waals surface area contributed by atoms with Crippen LogP contribution in [0.4, 0.5) is 0 Å². The van der Waals surface area contributed by atoms with E-state index in [2.05, 4.69) is 15.9 Å². The number of ketones is 2. The summed E-state index contributed by atoms with van der Waals surface area (Å²) >= 11 is 3.27. The van der Waals surface area contributed by atoms with Crippen molar-refractivity contribution < 1.29 is 18.0 Å². The number of halogens is 1. The average molecular weight is 427 g/mol. The van der Waals surface area contributed by atoms with Gasteiger partial charge in [0.2, 0.25) is 9.84 Å². The van der Waals surface area contributed by atoms with Crippen LogP contribution in [-0.2, 0) is 9.84 Å². The van der Waals surface area contributed by atoms with Crippen molar-refractivity contribution in [3.05, 3.63) is 93.5 Å². The Balaban J connectivity index is 1.98. The number of hydrogen-bond donors (Lipinski definition) is 0. The maximum atomic E-state index is 13.1. The van der Waals surface area contributed by atoms with E-state index in [0.717, 1.165) is 4.47 Å². The maximum Gasteiger partial charge on any atom is 0.207 e. The lowest BCUT2D eigenvalue weighted by molar-refractivity contribution is 0.0976. The topological polar surface area (TPSA) is 68.3 Å². The molecular formula is C20H11BrO4S. The molecule has 0 saturated carbocycles. The van der Waals surface area contributed by atoms with Crippen molar-refractivity contribution in [3.63, 3.8) is 0 Å². The number of hydrogen-bond acceptors (Lipinski definition) is 4. The number of carbonyl (C=O) groups excluding carboxylic acids is 2. The van der Waals surface area contributed by atoms with Crippen LogP contribution in [0.5, 0.6) is 0 Å². The van der Waals surface area contributed by atoms with Crippen LogP contribution in [0.1, 0.15) is 31.8 Å². The molecule has 0 atom stereocenters. The van der Waals surface area contributed by atoms with Crippen LogP contribution in [-0.4, -0.2) is 20.0 Å². The highest BCUT2D eigenvalue weighted by Gasteiger charge is 2.35. The lowest BCUT2D eigenvalue weighted by atomic mass is 9.84. The Morgan fingerprint density at radius 1 is 0.654 bits per heavy atom. The molecule has 0 aliphatic heterocycles. The summed E-state index contributed by atoms with van der Waals surface area (Å²) in [7, 11) is -3.95. The van der Waals surface area contributed by atoms with E-state index in [1.165, 1.54) is 30.3 Å². The van der Waals surface area contributed by atoms with Gasteiger partial charge in [0, 0.05) is 21.2 Å². The molecule has 4 rings (SSSR count). The van der Waals surface area contributed by atoms with Gasteiger partial charge in [0.1, 0.15) is 0 Å². The number of rotatable bonds is 2. The Bertz CT molecular complexity index is 1180. The molecule has 6 heteroatoms. The van der Waals surface area contributed by atoms with Crippen LogP contribution in [0.3, 0.4) is 0 Å². The Kier molecular flexibility index (Phi) is 3.89. The minimum Gasteiger partial charge on any atom is -0.289 e. The van der Waals surface area contributed by atoms with Crippen LogP contribution >= 0.6 is 15.9 Å². The molecule has 0 saturated heterocycles. The minimum atomic E-state index is -3.95. The van der Waals surface area contributed by atoms with Gasteiger partial charge in [-0.05, 0) is 30.3 Å². The van der Waals surface area contributed by atoms with E-state index >= 15 is 0 Å². The molecule has 3 aromatic rings. The molecule has 1 aliphatic rings. The maximum absolute atomic E-state index is 13.1. The summed E-state index contributed by atoms with van der Waals surface area (Å²) < 4.78 is 26.9. The quantitative estimate of drug-likeness (QED) is 0.484. The van der Waals surface area contributed by atoms with Crippen molar-refractivity contribution in [3.8, 4) is 0 Å². The summed E-state index contributed by atoms with van der Waals surface area (Å²) in [5.74, 6) is -0.797. The zero-order chi connectivity index (χ0) is 18.5. The van der Waals surface area contributed by atoms with Crippen molar-refractivity contribution in [2.45, 2.75) is 9.79 Å². The molecule has 0 fully saturated rings. The second kappa shape index (κ2) is 6.00. The highest BCUT2D eigenvalue weighted by molar-refractivity contribution is 9.10. The highest BCUT2D eigenvalue weighted by atomic mass is 79.9. The molecule has 0 spiro atoms. The van der Waals surface area contributed by atoms with Crippen LogP contribution in [0, 0.1) is 0 Å². The average Bonchev–Trinajstić information content (AvgIpc) is 2.66. The summed E-state index contributed by atoms with van der Waals surface area (Å²) in [4.78, 5) is 25.7. The van der Waals surface area contributed by atoms with Crippen LogP contribution in [0.25, 0.3) is 0 Å². The highest BCUT2D eigenvalue weighted by Crippen LogP contribution is 2.34. The summed E-state index contributed by atoms with van der Waals surface area (Å²) in [5, 5.41) is 0. The Morgan fingerprint density at radius 3 is 1.88 bits per heavy atom. The lowest BCUT2D eigenvalue weighted by Crippen LogP contribution is -2.23. The van der Waals surface area contributed by atoms with E-state index < -0.39 is 15.6 Å². The number of carbonyl (C=O) groups is 2. The third-order valence-corrected chi connectivity index (χ3v) is 6.67. The molecule has 0 amide bonds. The number of benzene rings is 3. The van der Waals surface area contributed by atoms with Crippen molar-refractivity contribution in [1.82, 2.24) is 0 Å². The largest absolute Gasteiger partial charge is 0.289 e. The van der Waals surface area contributed by atoms with Crippen LogP contribution in [0.15, 0.2) is 81.0 Å². The van der Waals surface area contributed by atoms with Crippen molar-refractivity contribution in [2.24, 2.45) is 0 Å². The molecule has 128 valence electrons. The predicted molar refractivity (Wildman–Crippen MR) is 99.3 cm³/mol. The SMILES string of the molecule is O=C1c2ccccc2C(=O)c2c1cccc2S(=O)(=O)c1ccc(Br)cc1. The first-order valence-electron chi connectivity index (χ1n) is 7.73. The third-order valence-electron chi connectivity index (χ3n) is 4.33. The number of fused-ring (bicyclic) bond motifs is 2. The van der Waals surface area contributed by atoms with E-state index in [4.69, 9.17) is 0 Å². The van der Waals surface area contributed by atoms with Crippen LogP contribution < -0.4 is 0 Å². The first kappa shape index (κ1) is 16.9. The van der Waals surface area contributed by atoms with Gasteiger partial charge in [-0.15, -0.1) is 0 Å². The van der Waals surface area contributed by atoms with Gasteiger partial charge in [-0.1, -0.05) is 52.3 Å². The Hall–Kier alpha value is -2.57. The van der Waals surface area contributed by atoms with Gasteiger partial charge in [-0.25, -0.2) is 8.42 Å². The summed E-state index contributed by atoms with van der Waals surface area (Å²) in [5.41, 5.74) is 0.581. The van der Waals surface area contributed by atoms with Crippen molar-refractivity contribution >= 4 is 37.3 Å². The second-order valence-electron chi connectivity index (χ2n) is 5.84. The van der Waals surface area contributed by atoms with E-state index in [-0.39, 0.29) is 32.3 Å². The van der Waals surface area contributed by atoms with E-state index in [0.29, 0.717) is 5.56 Å². The van der Waals surface area contributed by atoms with E-state index in [1.807, 2.05) is 0 Å². The van der Waals surface area contributed by atoms with Gasteiger partial charge in [-0.2, -0.15) is 0 Å². The lowest BCUT2D eigenvalue weighted by Gasteiger charge is -2.20. The fraction of sp³-hybridized carbons (Fsp3) is 0. The summed E-state index contributed by atoms with van der Waals surface area (Å²) in [6.07, 6.45) is 0. The fourth-order valence-corrected chi connectivity index (χ4v) is 4.82. The first-order chi connectivity index (χ1) is 12.4. The van der Waals surface area contributed by atoms with Gasteiger partial charge in [0.15, 0.2) is 11.6 Å². The molecule has 4 nitrogen and oxygen atoms in total. The van der Waals surface area contributed by atoms with Gasteiger partial charge < -0.3 is 0 Å². The first-order valence-corrected chi connectivity index (χ1v) is 10.0. The molecule has 0 bridgehead atoms. The van der Waals surface area contributed by atoms with E-state index in [9.17, 15) is 18.0 Å². The molecule has 0 unspecified atom stereocenters. The standard InChI is InChI=1S/C20H11BrO4S/c21-12-8-10-13(11-9-12)26(24,25)17-7-3-6-16-18(17)20(23)15-5-2-1-4-14(15)19(16)22/h1-11H. The Labute approximate surface area is 158 Å². The molecule has 0 heterocycles. The van der Waals surface area contributed by atoms with E-state index in [1.54, 1.807) is 36.4 Å². The second-order valence-corrected chi connectivity index (χ2v) is 8.67. The number of sulfone groups is 1. The van der Waals surface area contributed by atoms with Crippen LogP contribution in [0.2, 0.25) is 0 Å². The van der Waals surface area contributed by atoms with Crippen molar-refractivity contribution in [2.75, 3.05) is 0 Å².